The third kappa shape index (κ3) is 4.49. The predicted octanol–water partition coefficient (Wildman–Crippen LogP) is 2.70. The lowest BCUT2D eigenvalue weighted by molar-refractivity contribution is 0.0949. The Morgan fingerprint density at radius 3 is 2.94 bits per heavy atom. The van der Waals surface area contributed by atoms with E-state index in [-0.39, 0.29) is 5.91 Å². The van der Waals surface area contributed by atoms with E-state index in [1.165, 1.54) is 0 Å². The van der Waals surface area contributed by atoms with Gasteiger partial charge < -0.3 is 5.32 Å². The van der Waals surface area contributed by atoms with E-state index in [9.17, 15) is 4.79 Å². The van der Waals surface area contributed by atoms with Crippen LogP contribution in [0.15, 0.2) is 29.2 Å². The molecule has 0 saturated heterocycles. The summed E-state index contributed by atoms with van der Waals surface area (Å²) >= 11 is 6.00. The molecule has 0 radical (unpaired) electrons. The summed E-state index contributed by atoms with van der Waals surface area (Å²) in [6.45, 7) is 2.85. The first-order valence-corrected chi connectivity index (χ1v) is 7.03. The Morgan fingerprint density at radius 1 is 1.56 bits per heavy atom. The summed E-state index contributed by atoms with van der Waals surface area (Å²) in [6, 6.07) is 7.27. The van der Waals surface area contributed by atoms with Gasteiger partial charge in [-0.1, -0.05) is 13.0 Å². The van der Waals surface area contributed by atoms with Crippen LogP contribution in [0.2, 0.25) is 0 Å². The Hall–Kier alpha value is -0.610. The Labute approximate surface area is 107 Å². The van der Waals surface area contributed by atoms with Crippen LogP contribution in [0.1, 0.15) is 17.3 Å². The number of hydrogen-bond donors (Lipinski definition) is 2. The van der Waals surface area contributed by atoms with Crippen LogP contribution in [-0.4, -0.2) is 24.5 Å². The summed E-state index contributed by atoms with van der Waals surface area (Å²) in [7, 11) is 0. The van der Waals surface area contributed by atoms with Crippen LogP contribution in [-0.2, 0) is 0 Å². The molecule has 1 aromatic carbocycles. The second-order valence-electron chi connectivity index (χ2n) is 3.82. The van der Waals surface area contributed by atoms with Crippen molar-refractivity contribution < 1.29 is 4.79 Å². The molecule has 1 N–H and O–H groups in total. The molecule has 0 heterocycles. The lowest BCUT2D eigenvalue weighted by Crippen LogP contribution is -2.29. The van der Waals surface area contributed by atoms with Crippen LogP contribution < -0.4 is 5.32 Å². The van der Waals surface area contributed by atoms with Gasteiger partial charge >= 0.3 is 0 Å². The molecule has 1 amide bonds. The lowest BCUT2D eigenvalue weighted by atomic mass is 10.2. The van der Waals surface area contributed by atoms with Crippen LogP contribution >= 0.6 is 24.4 Å². The smallest absolute Gasteiger partial charge is 0.251 e. The first kappa shape index (κ1) is 13.5. The summed E-state index contributed by atoms with van der Waals surface area (Å²) in [5, 5.41) is 2.92. The van der Waals surface area contributed by atoms with Gasteiger partial charge in [0.2, 0.25) is 0 Å². The van der Waals surface area contributed by atoms with Gasteiger partial charge in [-0.3, -0.25) is 4.79 Å². The van der Waals surface area contributed by atoms with Crippen molar-refractivity contribution >= 4 is 30.3 Å². The zero-order chi connectivity index (χ0) is 12.0. The monoisotopic (exact) mass is 255 g/mol. The van der Waals surface area contributed by atoms with Crippen molar-refractivity contribution in [1.82, 2.24) is 5.32 Å². The molecule has 0 spiro atoms. The molecule has 1 aromatic rings. The standard InChI is InChI=1S/C12H17NOS2/c1-9(8-16-2)7-13-12(14)10-4-3-5-11(15)6-10/h3-6,9,15H,7-8H2,1-2H3,(H,13,14). The van der Waals surface area contributed by atoms with Gasteiger partial charge in [0.05, 0.1) is 0 Å². The summed E-state index contributed by atoms with van der Waals surface area (Å²) in [5.74, 6) is 1.54. The van der Waals surface area contributed by atoms with Gasteiger partial charge in [0.1, 0.15) is 0 Å². The molecule has 1 atom stereocenters. The van der Waals surface area contributed by atoms with Crippen LogP contribution in [0.4, 0.5) is 0 Å². The number of carbonyl (C=O) groups is 1. The highest BCUT2D eigenvalue weighted by molar-refractivity contribution is 7.98. The third-order valence-corrected chi connectivity index (χ3v) is 3.35. The summed E-state index contributed by atoms with van der Waals surface area (Å²) in [4.78, 5) is 12.6. The van der Waals surface area contributed by atoms with E-state index >= 15 is 0 Å². The molecule has 0 aliphatic rings. The Bertz CT molecular complexity index is 355. The fraction of sp³-hybridized carbons (Fsp3) is 0.417. The molecule has 16 heavy (non-hydrogen) atoms. The zero-order valence-corrected chi connectivity index (χ0v) is 11.3. The van der Waals surface area contributed by atoms with Gasteiger partial charge in [-0.05, 0) is 36.1 Å². The van der Waals surface area contributed by atoms with E-state index < -0.39 is 0 Å². The van der Waals surface area contributed by atoms with Gasteiger partial charge in [0.25, 0.3) is 5.91 Å². The SMILES string of the molecule is CSCC(C)CNC(=O)c1cccc(S)c1. The highest BCUT2D eigenvalue weighted by atomic mass is 32.2. The molecule has 0 aliphatic heterocycles. The van der Waals surface area contributed by atoms with E-state index in [1.54, 1.807) is 23.9 Å². The summed E-state index contributed by atoms with van der Waals surface area (Å²) in [6.07, 6.45) is 2.07. The molecule has 0 saturated carbocycles. The van der Waals surface area contributed by atoms with Crippen molar-refractivity contribution in [1.29, 1.82) is 0 Å². The average Bonchev–Trinajstić information content (AvgIpc) is 2.26. The van der Waals surface area contributed by atoms with Crippen molar-refractivity contribution in [2.24, 2.45) is 5.92 Å². The number of thiol groups is 1. The minimum absolute atomic E-state index is 0.0242. The van der Waals surface area contributed by atoms with Crippen molar-refractivity contribution in [2.75, 3.05) is 18.6 Å². The van der Waals surface area contributed by atoms with Gasteiger partial charge in [-0.25, -0.2) is 0 Å². The fourth-order valence-corrected chi connectivity index (χ4v) is 2.27. The highest BCUT2D eigenvalue weighted by Crippen LogP contribution is 2.09. The van der Waals surface area contributed by atoms with Crippen LogP contribution in [0, 0.1) is 5.92 Å². The minimum Gasteiger partial charge on any atom is -0.352 e. The largest absolute Gasteiger partial charge is 0.352 e. The number of thioether (sulfide) groups is 1. The van der Waals surface area contributed by atoms with Crippen molar-refractivity contribution in [3.8, 4) is 0 Å². The summed E-state index contributed by atoms with van der Waals surface area (Å²) < 4.78 is 0. The first-order valence-electron chi connectivity index (χ1n) is 5.19. The molecule has 0 bridgehead atoms. The molecule has 88 valence electrons. The maximum atomic E-state index is 11.8. The molecule has 0 aromatic heterocycles. The Morgan fingerprint density at radius 2 is 2.31 bits per heavy atom. The van der Waals surface area contributed by atoms with Crippen molar-refractivity contribution in [3.05, 3.63) is 29.8 Å². The second kappa shape index (κ2) is 6.86. The molecular formula is C12H17NOS2. The van der Waals surface area contributed by atoms with Gasteiger partial charge in [-0.15, -0.1) is 12.6 Å². The third-order valence-electron chi connectivity index (χ3n) is 2.17. The quantitative estimate of drug-likeness (QED) is 0.792. The maximum Gasteiger partial charge on any atom is 0.251 e. The molecular weight excluding hydrogens is 238 g/mol. The van der Waals surface area contributed by atoms with Crippen LogP contribution in [0.3, 0.4) is 0 Å². The topological polar surface area (TPSA) is 29.1 Å². The molecule has 2 nitrogen and oxygen atoms in total. The van der Waals surface area contributed by atoms with E-state index in [4.69, 9.17) is 0 Å². The fourth-order valence-electron chi connectivity index (χ4n) is 1.36. The lowest BCUT2D eigenvalue weighted by Gasteiger charge is -2.11. The number of nitrogens with one attached hydrogen (secondary N) is 1. The highest BCUT2D eigenvalue weighted by Gasteiger charge is 2.07. The normalized spacial score (nSPS) is 12.2. The van der Waals surface area contributed by atoms with Gasteiger partial charge in [0.15, 0.2) is 0 Å². The van der Waals surface area contributed by atoms with Gasteiger partial charge in [0, 0.05) is 17.0 Å². The Balaban J connectivity index is 2.47. The zero-order valence-electron chi connectivity index (χ0n) is 9.56. The van der Waals surface area contributed by atoms with Crippen LogP contribution in [0.25, 0.3) is 0 Å². The Kier molecular flexibility index (Phi) is 5.77. The molecule has 4 heteroatoms. The van der Waals surface area contributed by atoms with Gasteiger partial charge in [-0.2, -0.15) is 11.8 Å². The number of carbonyl (C=O) groups excluding carboxylic acids is 1. The molecule has 0 aliphatic carbocycles. The van der Waals surface area contributed by atoms with Crippen molar-refractivity contribution in [3.63, 3.8) is 0 Å². The molecule has 1 unspecified atom stereocenters. The van der Waals surface area contributed by atoms with Crippen LogP contribution in [0.5, 0.6) is 0 Å². The van der Waals surface area contributed by atoms with E-state index in [2.05, 4.69) is 31.1 Å². The first-order chi connectivity index (χ1) is 7.63. The molecule has 1 rings (SSSR count). The minimum atomic E-state index is -0.0242. The van der Waals surface area contributed by atoms with E-state index in [1.807, 2.05) is 12.1 Å². The average molecular weight is 255 g/mol. The summed E-state index contributed by atoms with van der Waals surface area (Å²) in [5.41, 5.74) is 0.670. The van der Waals surface area contributed by atoms with Crippen molar-refractivity contribution in [2.45, 2.75) is 11.8 Å². The molecule has 0 fully saturated rings. The number of benzene rings is 1. The maximum absolute atomic E-state index is 11.8. The number of amides is 1. The second-order valence-corrected chi connectivity index (χ2v) is 5.25. The number of rotatable bonds is 5. The number of hydrogen-bond acceptors (Lipinski definition) is 3. The van der Waals surface area contributed by atoms with E-state index in [0.29, 0.717) is 11.5 Å². The van der Waals surface area contributed by atoms with E-state index in [0.717, 1.165) is 17.2 Å². The predicted molar refractivity (Wildman–Crippen MR) is 73.6 cm³/mol.